The summed E-state index contributed by atoms with van der Waals surface area (Å²) in [6.45, 7) is 7.27. The molecule has 1 aromatic carbocycles. The van der Waals surface area contributed by atoms with Gasteiger partial charge in [0.2, 0.25) is 0 Å². The van der Waals surface area contributed by atoms with Gasteiger partial charge in [0.25, 0.3) is 0 Å². The van der Waals surface area contributed by atoms with Gasteiger partial charge in [-0.1, -0.05) is 12.1 Å². The highest BCUT2D eigenvalue weighted by atomic mass is 16.5. The van der Waals surface area contributed by atoms with Crippen molar-refractivity contribution >= 4 is 5.69 Å². The second-order valence-corrected chi connectivity index (χ2v) is 5.24. The largest absolute Gasteiger partial charge is 0.389 e. The highest BCUT2D eigenvalue weighted by molar-refractivity contribution is 5.48. The van der Waals surface area contributed by atoms with Gasteiger partial charge in [0, 0.05) is 45.5 Å². The number of methoxy groups -OCH3 is 1. The quantitative estimate of drug-likeness (QED) is 0.865. The molecule has 1 atom stereocenters. The number of hydrogen-bond acceptors (Lipinski definition) is 4. The number of benzene rings is 1. The fourth-order valence-corrected chi connectivity index (χ4v) is 2.56. The molecule has 1 aliphatic rings. The van der Waals surface area contributed by atoms with Gasteiger partial charge in [-0.05, 0) is 24.6 Å². The van der Waals surface area contributed by atoms with Gasteiger partial charge < -0.3 is 14.7 Å². The van der Waals surface area contributed by atoms with Gasteiger partial charge in [-0.15, -0.1) is 0 Å². The minimum Gasteiger partial charge on any atom is -0.389 e. The van der Waals surface area contributed by atoms with Gasteiger partial charge in [-0.25, -0.2) is 0 Å². The van der Waals surface area contributed by atoms with Crippen LogP contribution in [-0.4, -0.2) is 62.6 Å². The minimum absolute atomic E-state index is 0.379. The van der Waals surface area contributed by atoms with Crippen LogP contribution in [0.2, 0.25) is 0 Å². The van der Waals surface area contributed by atoms with E-state index < -0.39 is 0 Å². The Bertz CT molecular complexity index is 389. The fourth-order valence-electron chi connectivity index (χ4n) is 2.56. The maximum absolute atomic E-state index is 9.74. The molecule has 4 nitrogen and oxygen atoms in total. The number of aliphatic hydroxyl groups is 1. The maximum Gasteiger partial charge on any atom is 0.0900 e. The molecule has 0 amide bonds. The molecule has 0 spiro atoms. The molecule has 1 heterocycles. The van der Waals surface area contributed by atoms with E-state index in [0.29, 0.717) is 13.2 Å². The van der Waals surface area contributed by atoms with Crippen LogP contribution < -0.4 is 4.90 Å². The van der Waals surface area contributed by atoms with E-state index in [1.807, 2.05) is 0 Å². The lowest BCUT2D eigenvalue weighted by atomic mass is 10.2. The molecule has 4 heteroatoms. The Hall–Kier alpha value is -1.10. The number of piperazine rings is 1. The smallest absolute Gasteiger partial charge is 0.0900 e. The minimum atomic E-state index is -0.379. The van der Waals surface area contributed by atoms with Gasteiger partial charge in [0.05, 0.1) is 12.7 Å². The van der Waals surface area contributed by atoms with Crippen molar-refractivity contribution in [1.82, 2.24) is 4.90 Å². The molecule has 0 aliphatic carbocycles. The number of aliphatic hydroxyl groups excluding tert-OH is 1. The van der Waals surface area contributed by atoms with Crippen LogP contribution in [-0.2, 0) is 4.74 Å². The molecule has 1 aromatic rings. The molecule has 0 unspecified atom stereocenters. The third kappa shape index (κ3) is 4.20. The van der Waals surface area contributed by atoms with Crippen molar-refractivity contribution in [2.24, 2.45) is 0 Å². The first kappa shape index (κ1) is 14.3. The lowest BCUT2D eigenvalue weighted by molar-refractivity contribution is 0.0365. The summed E-state index contributed by atoms with van der Waals surface area (Å²) in [6.07, 6.45) is -0.379. The Kier molecular flexibility index (Phi) is 5.19. The van der Waals surface area contributed by atoms with E-state index >= 15 is 0 Å². The Morgan fingerprint density at radius 3 is 2.63 bits per heavy atom. The van der Waals surface area contributed by atoms with Crippen molar-refractivity contribution in [3.63, 3.8) is 0 Å². The van der Waals surface area contributed by atoms with Crippen molar-refractivity contribution in [1.29, 1.82) is 0 Å². The average Bonchev–Trinajstić information content (AvgIpc) is 2.40. The number of hydrogen-bond donors (Lipinski definition) is 1. The van der Waals surface area contributed by atoms with Gasteiger partial charge >= 0.3 is 0 Å². The van der Waals surface area contributed by atoms with Crippen molar-refractivity contribution in [2.45, 2.75) is 13.0 Å². The highest BCUT2D eigenvalue weighted by Crippen LogP contribution is 2.17. The highest BCUT2D eigenvalue weighted by Gasteiger charge is 2.19. The van der Waals surface area contributed by atoms with Crippen LogP contribution in [0, 0.1) is 6.92 Å². The third-order valence-corrected chi connectivity index (χ3v) is 3.57. The number of nitrogens with zero attached hydrogens (tertiary/aromatic N) is 2. The summed E-state index contributed by atoms with van der Waals surface area (Å²) in [6, 6.07) is 8.64. The molecular weight excluding hydrogens is 240 g/mol. The van der Waals surface area contributed by atoms with Crippen LogP contribution in [0.15, 0.2) is 24.3 Å². The van der Waals surface area contributed by atoms with Gasteiger partial charge in [-0.2, -0.15) is 0 Å². The molecule has 1 aliphatic heterocycles. The van der Waals surface area contributed by atoms with Crippen LogP contribution in [0.3, 0.4) is 0 Å². The fraction of sp³-hybridized carbons (Fsp3) is 0.600. The Morgan fingerprint density at radius 1 is 1.26 bits per heavy atom. The molecule has 1 fully saturated rings. The first-order valence-electron chi connectivity index (χ1n) is 6.90. The summed E-state index contributed by atoms with van der Waals surface area (Å²) in [7, 11) is 1.62. The number of rotatable bonds is 5. The molecule has 106 valence electrons. The summed E-state index contributed by atoms with van der Waals surface area (Å²) in [5.74, 6) is 0. The van der Waals surface area contributed by atoms with Crippen LogP contribution in [0.4, 0.5) is 5.69 Å². The second kappa shape index (κ2) is 6.89. The molecule has 19 heavy (non-hydrogen) atoms. The zero-order chi connectivity index (χ0) is 13.7. The Balaban J connectivity index is 1.82. The molecule has 1 N–H and O–H groups in total. The van der Waals surface area contributed by atoms with Gasteiger partial charge in [-0.3, -0.25) is 4.90 Å². The zero-order valence-electron chi connectivity index (χ0n) is 11.9. The van der Waals surface area contributed by atoms with Crippen molar-refractivity contribution in [3.8, 4) is 0 Å². The molecule has 0 radical (unpaired) electrons. The van der Waals surface area contributed by atoms with Gasteiger partial charge in [0.1, 0.15) is 0 Å². The lowest BCUT2D eigenvalue weighted by Gasteiger charge is -2.37. The topological polar surface area (TPSA) is 35.9 Å². The lowest BCUT2D eigenvalue weighted by Crippen LogP contribution is -2.49. The van der Waals surface area contributed by atoms with E-state index in [2.05, 4.69) is 41.0 Å². The maximum atomic E-state index is 9.74. The van der Waals surface area contributed by atoms with E-state index in [9.17, 15) is 5.11 Å². The molecule has 1 saturated heterocycles. The third-order valence-electron chi connectivity index (χ3n) is 3.57. The van der Waals surface area contributed by atoms with Crippen molar-refractivity contribution in [2.75, 3.05) is 51.3 Å². The second-order valence-electron chi connectivity index (χ2n) is 5.24. The van der Waals surface area contributed by atoms with E-state index in [4.69, 9.17) is 4.74 Å². The van der Waals surface area contributed by atoms with Gasteiger partial charge in [0.15, 0.2) is 0 Å². The SMILES string of the molecule is COC[C@@H](O)CN1CCN(c2cccc(C)c2)CC1. The number of β-amino-alcohol motifs (C(OH)–C–C–N with tert-alkyl or cyclic N) is 1. The zero-order valence-corrected chi connectivity index (χ0v) is 11.9. The average molecular weight is 264 g/mol. The van der Waals surface area contributed by atoms with Crippen LogP contribution >= 0.6 is 0 Å². The summed E-state index contributed by atoms with van der Waals surface area (Å²) in [4.78, 5) is 4.71. The van der Waals surface area contributed by atoms with Crippen LogP contribution in [0.1, 0.15) is 5.56 Å². The molecular formula is C15H24N2O2. The summed E-state index contributed by atoms with van der Waals surface area (Å²) >= 11 is 0. The summed E-state index contributed by atoms with van der Waals surface area (Å²) in [5, 5.41) is 9.74. The molecule has 0 aromatic heterocycles. The summed E-state index contributed by atoms with van der Waals surface area (Å²) < 4.78 is 4.96. The molecule has 0 saturated carbocycles. The summed E-state index contributed by atoms with van der Waals surface area (Å²) in [5.41, 5.74) is 2.60. The predicted octanol–water partition coefficient (Wildman–Crippen LogP) is 1.12. The van der Waals surface area contributed by atoms with Crippen molar-refractivity contribution < 1.29 is 9.84 Å². The van der Waals surface area contributed by atoms with Crippen LogP contribution in [0.25, 0.3) is 0 Å². The van der Waals surface area contributed by atoms with E-state index in [1.54, 1.807) is 7.11 Å². The van der Waals surface area contributed by atoms with E-state index in [0.717, 1.165) is 26.2 Å². The Labute approximate surface area is 115 Å². The number of anilines is 1. The van der Waals surface area contributed by atoms with Crippen LogP contribution in [0.5, 0.6) is 0 Å². The van der Waals surface area contributed by atoms with E-state index in [-0.39, 0.29) is 6.10 Å². The standard InChI is InChI=1S/C15H24N2O2/c1-13-4-3-5-14(10-13)17-8-6-16(7-9-17)11-15(18)12-19-2/h3-5,10,15,18H,6-9,11-12H2,1-2H3/t15-/m0/s1. The number of aryl methyl sites for hydroxylation is 1. The first-order valence-corrected chi connectivity index (χ1v) is 6.90. The first-order chi connectivity index (χ1) is 9.19. The monoisotopic (exact) mass is 264 g/mol. The number of ether oxygens (including phenoxy) is 1. The van der Waals surface area contributed by atoms with Crippen molar-refractivity contribution in [3.05, 3.63) is 29.8 Å². The predicted molar refractivity (Wildman–Crippen MR) is 77.7 cm³/mol. The Morgan fingerprint density at radius 2 is 2.00 bits per heavy atom. The molecule has 0 bridgehead atoms. The molecule has 2 rings (SSSR count). The van der Waals surface area contributed by atoms with E-state index in [1.165, 1.54) is 11.3 Å². The normalized spacial score (nSPS) is 18.6.